The lowest BCUT2D eigenvalue weighted by atomic mass is 10.1. The van der Waals surface area contributed by atoms with Crippen LogP contribution in [0.1, 0.15) is 43.9 Å². The van der Waals surface area contributed by atoms with Crippen molar-refractivity contribution in [1.29, 1.82) is 0 Å². The first-order valence-corrected chi connectivity index (χ1v) is 11.5. The van der Waals surface area contributed by atoms with Gasteiger partial charge in [0.15, 0.2) is 0 Å². The fourth-order valence-corrected chi connectivity index (χ4v) is 3.94. The van der Waals surface area contributed by atoms with Crippen LogP contribution in [0, 0.1) is 0 Å². The van der Waals surface area contributed by atoms with Crippen LogP contribution >= 0.6 is 11.8 Å². The van der Waals surface area contributed by atoms with Crippen molar-refractivity contribution in [2.75, 3.05) is 5.75 Å². The van der Waals surface area contributed by atoms with Gasteiger partial charge in [0.25, 0.3) is 5.91 Å². The van der Waals surface area contributed by atoms with Crippen LogP contribution in [0.5, 0.6) is 0 Å². The van der Waals surface area contributed by atoms with Crippen LogP contribution in [0.25, 0.3) is 11.5 Å². The molecule has 0 unspecified atom stereocenters. The van der Waals surface area contributed by atoms with E-state index in [1.165, 1.54) is 11.8 Å². The molecule has 0 radical (unpaired) electrons. The average molecular weight is 453 g/mol. The molecule has 7 nitrogen and oxygen atoms in total. The summed E-state index contributed by atoms with van der Waals surface area (Å²) in [5.41, 5.74) is 1.38. The van der Waals surface area contributed by atoms with E-state index in [1.54, 1.807) is 11.0 Å². The van der Waals surface area contributed by atoms with Gasteiger partial charge >= 0.3 is 0 Å². The molecule has 0 aliphatic heterocycles. The third-order valence-electron chi connectivity index (χ3n) is 4.60. The summed E-state index contributed by atoms with van der Waals surface area (Å²) in [7, 11) is 0. The number of thioether (sulfide) groups is 1. The Morgan fingerprint density at radius 1 is 1.00 bits per heavy atom. The van der Waals surface area contributed by atoms with Gasteiger partial charge in [-0.3, -0.25) is 9.59 Å². The lowest BCUT2D eigenvalue weighted by molar-refractivity contribution is -0.119. The summed E-state index contributed by atoms with van der Waals surface area (Å²) in [4.78, 5) is 27.9. The van der Waals surface area contributed by atoms with E-state index in [9.17, 15) is 9.59 Å². The van der Waals surface area contributed by atoms with Gasteiger partial charge in [0.2, 0.25) is 17.7 Å². The first-order chi connectivity index (χ1) is 15.3. The minimum Gasteiger partial charge on any atom is -0.419 e. The molecule has 0 aliphatic carbocycles. The minimum absolute atomic E-state index is 0.0627. The van der Waals surface area contributed by atoms with Crippen molar-refractivity contribution in [3.05, 3.63) is 66.1 Å². The van der Waals surface area contributed by atoms with Crippen molar-refractivity contribution in [2.24, 2.45) is 0 Å². The zero-order valence-electron chi connectivity index (χ0n) is 18.7. The Labute approximate surface area is 192 Å². The molecule has 0 saturated heterocycles. The molecule has 1 aromatic heterocycles. The number of hydrogen-bond donors (Lipinski definition) is 1. The number of aromatic nitrogens is 2. The number of carbonyl (C=O) groups excluding carboxylic acids is 2. The lowest BCUT2D eigenvalue weighted by Crippen LogP contribution is -2.37. The number of rotatable bonds is 9. The maximum Gasteiger partial charge on any atom is 0.255 e. The van der Waals surface area contributed by atoms with Crippen molar-refractivity contribution >= 4 is 23.6 Å². The second-order valence-corrected chi connectivity index (χ2v) is 8.92. The highest BCUT2D eigenvalue weighted by molar-refractivity contribution is 8.00. The smallest absolute Gasteiger partial charge is 0.255 e. The van der Waals surface area contributed by atoms with Gasteiger partial charge in [-0.1, -0.05) is 30.3 Å². The fourth-order valence-electron chi connectivity index (χ4n) is 3.08. The van der Waals surface area contributed by atoms with Gasteiger partial charge in [-0.05, 0) is 52.0 Å². The van der Waals surface area contributed by atoms with Gasteiger partial charge in [0.05, 0.1) is 17.9 Å². The minimum atomic E-state index is -0.146. The average Bonchev–Trinajstić information content (AvgIpc) is 3.24. The molecular formula is C24H28N4O3S. The highest BCUT2D eigenvalue weighted by Crippen LogP contribution is 2.25. The van der Waals surface area contributed by atoms with Gasteiger partial charge in [-0.2, -0.15) is 0 Å². The highest BCUT2D eigenvalue weighted by Gasteiger charge is 2.24. The molecule has 2 aromatic carbocycles. The van der Waals surface area contributed by atoms with E-state index in [-0.39, 0.29) is 36.2 Å². The molecule has 168 valence electrons. The second kappa shape index (κ2) is 10.9. The Balaban J connectivity index is 1.76. The van der Waals surface area contributed by atoms with Gasteiger partial charge in [-0.15, -0.1) is 22.0 Å². The van der Waals surface area contributed by atoms with Gasteiger partial charge < -0.3 is 14.6 Å². The third kappa shape index (κ3) is 6.20. The highest BCUT2D eigenvalue weighted by atomic mass is 32.2. The first-order valence-electron chi connectivity index (χ1n) is 10.5. The zero-order chi connectivity index (χ0) is 23.1. The van der Waals surface area contributed by atoms with Crippen LogP contribution in [-0.4, -0.2) is 44.7 Å². The molecule has 0 bridgehead atoms. The molecule has 0 aliphatic rings. The van der Waals surface area contributed by atoms with Gasteiger partial charge in [0, 0.05) is 22.5 Å². The molecule has 3 rings (SSSR count). The topological polar surface area (TPSA) is 88.3 Å². The third-order valence-corrected chi connectivity index (χ3v) is 5.68. The molecule has 1 heterocycles. The van der Waals surface area contributed by atoms with E-state index in [0.29, 0.717) is 17.3 Å². The summed E-state index contributed by atoms with van der Waals surface area (Å²) in [5.74, 6) is 0.823. The maximum absolute atomic E-state index is 13.4. The van der Waals surface area contributed by atoms with Crippen molar-refractivity contribution in [3.8, 4) is 11.5 Å². The number of nitrogens with one attached hydrogen (secondary N) is 1. The van der Waals surface area contributed by atoms with E-state index in [2.05, 4.69) is 15.5 Å². The molecule has 8 heteroatoms. The number of amides is 2. The number of benzene rings is 2. The molecule has 0 atom stereocenters. The van der Waals surface area contributed by atoms with E-state index in [4.69, 9.17) is 4.42 Å². The second-order valence-electron chi connectivity index (χ2n) is 7.90. The number of carbonyl (C=O) groups is 2. The summed E-state index contributed by atoms with van der Waals surface area (Å²) < 4.78 is 5.81. The van der Waals surface area contributed by atoms with E-state index < -0.39 is 0 Å². The largest absolute Gasteiger partial charge is 0.419 e. The molecule has 0 fully saturated rings. The standard InChI is InChI=1S/C24H28N4O3S/c1-16(2)25-21(29)15-32-20-13-9-8-12-19(20)24(30)28(17(3)4)14-22-26-27-23(31-22)18-10-6-5-7-11-18/h5-13,16-17H,14-15H2,1-4H3,(H,25,29). The van der Waals surface area contributed by atoms with E-state index >= 15 is 0 Å². The van der Waals surface area contributed by atoms with Crippen molar-refractivity contribution in [3.63, 3.8) is 0 Å². The molecule has 32 heavy (non-hydrogen) atoms. The zero-order valence-corrected chi connectivity index (χ0v) is 19.6. The summed E-state index contributed by atoms with van der Waals surface area (Å²) in [6.45, 7) is 7.92. The fraction of sp³-hybridized carbons (Fsp3) is 0.333. The SMILES string of the molecule is CC(C)NC(=O)CSc1ccccc1C(=O)N(Cc1nnc(-c2ccccc2)o1)C(C)C. The Kier molecular flexibility index (Phi) is 8.05. The number of nitrogens with zero attached hydrogens (tertiary/aromatic N) is 3. The van der Waals surface area contributed by atoms with Crippen LogP contribution in [0.2, 0.25) is 0 Å². The van der Waals surface area contributed by atoms with E-state index in [0.717, 1.165) is 10.5 Å². The molecule has 1 N–H and O–H groups in total. The van der Waals surface area contributed by atoms with Gasteiger partial charge in [0.1, 0.15) is 0 Å². The summed E-state index contributed by atoms with van der Waals surface area (Å²) in [6.07, 6.45) is 0. The monoisotopic (exact) mass is 452 g/mol. The predicted molar refractivity (Wildman–Crippen MR) is 125 cm³/mol. The Morgan fingerprint density at radius 2 is 1.69 bits per heavy atom. The van der Waals surface area contributed by atoms with Crippen LogP contribution < -0.4 is 5.32 Å². The quantitative estimate of drug-likeness (QED) is 0.484. The summed E-state index contributed by atoms with van der Waals surface area (Å²) >= 11 is 1.35. The Bertz CT molecular complexity index is 1050. The van der Waals surface area contributed by atoms with Crippen molar-refractivity contribution < 1.29 is 14.0 Å². The van der Waals surface area contributed by atoms with Crippen molar-refractivity contribution in [1.82, 2.24) is 20.4 Å². The van der Waals surface area contributed by atoms with Crippen molar-refractivity contribution in [2.45, 2.75) is 51.2 Å². The summed E-state index contributed by atoms with van der Waals surface area (Å²) in [5, 5.41) is 11.1. The molecule has 2 amide bonds. The lowest BCUT2D eigenvalue weighted by Gasteiger charge is -2.26. The molecular weight excluding hydrogens is 424 g/mol. The molecule has 3 aromatic rings. The van der Waals surface area contributed by atoms with E-state index in [1.807, 2.05) is 76.2 Å². The Hall–Kier alpha value is -3.13. The molecule has 0 saturated carbocycles. The Morgan fingerprint density at radius 3 is 2.38 bits per heavy atom. The maximum atomic E-state index is 13.4. The first kappa shape index (κ1) is 23.5. The van der Waals surface area contributed by atoms with Crippen LogP contribution in [0.15, 0.2) is 63.9 Å². The molecule has 0 spiro atoms. The number of hydrogen-bond acceptors (Lipinski definition) is 6. The van der Waals surface area contributed by atoms with Crippen LogP contribution in [0.3, 0.4) is 0 Å². The van der Waals surface area contributed by atoms with Crippen LogP contribution in [-0.2, 0) is 11.3 Å². The normalized spacial score (nSPS) is 11.1. The van der Waals surface area contributed by atoms with Crippen LogP contribution in [0.4, 0.5) is 0 Å². The summed E-state index contributed by atoms with van der Waals surface area (Å²) in [6, 6.07) is 16.8. The van der Waals surface area contributed by atoms with Gasteiger partial charge in [-0.25, -0.2) is 0 Å². The predicted octanol–water partition coefficient (Wildman–Crippen LogP) is 4.40.